The minimum Gasteiger partial charge on any atom is -0.319 e. The summed E-state index contributed by atoms with van der Waals surface area (Å²) in [7, 11) is 0. The third-order valence-electron chi connectivity index (χ3n) is 3.58. The van der Waals surface area contributed by atoms with Gasteiger partial charge in [0.2, 0.25) is 0 Å². The van der Waals surface area contributed by atoms with Crippen molar-refractivity contribution in [3.63, 3.8) is 0 Å². The van der Waals surface area contributed by atoms with Gasteiger partial charge >= 0.3 is 0 Å². The molecule has 5 heteroatoms. The molecule has 0 saturated heterocycles. The van der Waals surface area contributed by atoms with Crippen LogP contribution in [0.1, 0.15) is 32.5 Å². The van der Waals surface area contributed by atoms with E-state index in [0.717, 1.165) is 22.8 Å². The summed E-state index contributed by atoms with van der Waals surface area (Å²) in [5.41, 5.74) is 7.80. The molecule has 2 N–H and O–H groups in total. The molecule has 0 bridgehead atoms. The average molecular weight is 311 g/mol. The van der Waals surface area contributed by atoms with Crippen LogP contribution in [0.25, 0.3) is 0 Å². The molecule has 0 fully saturated rings. The van der Waals surface area contributed by atoms with Crippen molar-refractivity contribution in [3.05, 3.63) is 56.3 Å². The van der Waals surface area contributed by atoms with Gasteiger partial charge in [0.25, 0.3) is 0 Å². The predicted octanol–water partition coefficient (Wildman–Crippen LogP) is 4.17. The van der Waals surface area contributed by atoms with Crippen molar-refractivity contribution in [1.82, 2.24) is 0 Å². The van der Waals surface area contributed by atoms with Crippen molar-refractivity contribution in [1.29, 1.82) is 0 Å². The highest BCUT2D eigenvalue weighted by molar-refractivity contribution is 7.98. The zero-order valence-electron chi connectivity index (χ0n) is 11.1. The fourth-order valence-corrected chi connectivity index (χ4v) is 4.82. The molecule has 3 rings (SSSR count). The molecule has 1 nitrogen and oxygen atoms in total. The second-order valence-corrected chi connectivity index (χ2v) is 7.24. The summed E-state index contributed by atoms with van der Waals surface area (Å²) in [6.07, 6.45) is 1.02. The zero-order valence-corrected chi connectivity index (χ0v) is 12.7. The number of halogens is 2. The number of hydrogen-bond acceptors (Lipinski definition) is 3. The number of aryl methyl sites for hydroxylation is 2. The molecule has 1 unspecified atom stereocenters. The van der Waals surface area contributed by atoms with Crippen molar-refractivity contribution in [2.24, 2.45) is 5.73 Å². The van der Waals surface area contributed by atoms with Crippen LogP contribution in [-0.2, 0) is 12.2 Å². The molecule has 1 aliphatic heterocycles. The lowest BCUT2D eigenvalue weighted by Crippen LogP contribution is -2.15. The van der Waals surface area contributed by atoms with E-state index >= 15 is 0 Å². The number of thiophene rings is 1. The molecule has 1 aromatic carbocycles. The van der Waals surface area contributed by atoms with Crippen molar-refractivity contribution >= 4 is 23.1 Å². The molecule has 0 aliphatic carbocycles. The van der Waals surface area contributed by atoms with Gasteiger partial charge in [0.05, 0.1) is 6.04 Å². The smallest absolute Gasteiger partial charge is 0.134 e. The molecule has 0 saturated carbocycles. The quantitative estimate of drug-likeness (QED) is 0.900. The molecule has 0 radical (unpaired) electrons. The maximum absolute atomic E-state index is 14.2. The van der Waals surface area contributed by atoms with Gasteiger partial charge in [0, 0.05) is 21.1 Å². The Morgan fingerprint density at radius 3 is 2.85 bits per heavy atom. The Labute approximate surface area is 125 Å². The standard InChI is InChI=1S/C15H15F2NS2/c1-8-2-3-10(16)13(14(8)17)15(18)12-6-9-7-19-5-4-11(9)20-12/h2-3,6,15H,4-5,7,18H2,1H3. The van der Waals surface area contributed by atoms with Crippen molar-refractivity contribution in [3.8, 4) is 0 Å². The van der Waals surface area contributed by atoms with E-state index in [0.29, 0.717) is 5.56 Å². The summed E-state index contributed by atoms with van der Waals surface area (Å²) in [4.78, 5) is 2.16. The second kappa shape index (κ2) is 5.47. The summed E-state index contributed by atoms with van der Waals surface area (Å²) in [5.74, 6) is 0.978. The van der Waals surface area contributed by atoms with Crippen molar-refractivity contribution in [2.75, 3.05) is 5.75 Å². The number of nitrogens with two attached hydrogens (primary N) is 1. The summed E-state index contributed by atoms with van der Waals surface area (Å²) in [5, 5.41) is 0. The largest absolute Gasteiger partial charge is 0.319 e. The topological polar surface area (TPSA) is 26.0 Å². The summed E-state index contributed by atoms with van der Waals surface area (Å²) >= 11 is 3.47. The minimum atomic E-state index is -0.726. The Morgan fingerprint density at radius 1 is 1.30 bits per heavy atom. The van der Waals surface area contributed by atoms with Gasteiger partial charge in [-0.05, 0) is 42.4 Å². The van der Waals surface area contributed by atoms with E-state index < -0.39 is 17.7 Å². The first-order valence-electron chi connectivity index (χ1n) is 6.47. The number of thioether (sulfide) groups is 1. The Hall–Kier alpha value is -0.910. The van der Waals surface area contributed by atoms with Crippen LogP contribution in [0.3, 0.4) is 0 Å². The van der Waals surface area contributed by atoms with E-state index in [2.05, 4.69) is 0 Å². The van der Waals surface area contributed by atoms with Gasteiger partial charge < -0.3 is 5.73 Å². The average Bonchev–Trinajstić information content (AvgIpc) is 2.87. The first kappa shape index (κ1) is 14.0. The Bertz CT molecular complexity index is 628. The van der Waals surface area contributed by atoms with Crippen LogP contribution in [0.4, 0.5) is 8.78 Å². The zero-order chi connectivity index (χ0) is 14.3. The van der Waals surface area contributed by atoms with Gasteiger partial charge in [-0.3, -0.25) is 0 Å². The van der Waals surface area contributed by atoms with E-state index in [4.69, 9.17) is 5.73 Å². The van der Waals surface area contributed by atoms with E-state index in [1.807, 2.05) is 17.8 Å². The van der Waals surface area contributed by atoms with Gasteiger partial charge in [-0.1, -0.05) is 6.07 Å². The lowest BCUT2D eigenvalue weighted by molar-refractivity contribution is 0.539. The molecular weight excluding hydrogens is 296 g/mol. The highest BCUT2D eigenvalue weighted by Gasteiger charge is 2.23. The molecule has 1 atom stereocenters. The molecule has 106 valence electrons. The van der Waals surface area contributed by atoms with Crippen LogP contribution >= 0.6 is 23.1 Å². The van der Waals surface area contributed by atoms with E-state index in [-0.39, 0.29) is 5.56 Å². The highest BCUT2D eigenvalue weighted by atomic mass is 32.2. The van der Waals surface area contributed by atoms with E-state index in [9.17, 15) is 8.78 Å². The van der Waals surface area contributed by atoms with Gasteiger partial charge in [-0.25, -0.2) is 8.78 Å². The van der Waals surface area contributed by atoms with Crippen molar-refractivity contribution < 1.29 is 8.78 Å². The Kier molecular flexibility index (Phi) is 3.84. The fraction of sp³-hybridized carbons (Fsp3) is 0.333. The van der Waals surface area contributed by atoms with Crippen LogP contribution < -0.4 is 5.73 Å². The first-order chi connectivity index (χ1) is 9.58. The summed E-state index contributed by atoms with van der Waals surface area (Å²) < 4.78 is 28.1. The van der Waals surface area contributed by atoms with Gasteiger partial charge in [-0.2, -0.15) is 11.8 Å². The van der Waals surface area contributed by atoms with Crippen LogP contribution in [-0.4, -0.2) is 5.75 Å². The number of rotatable bonds is 2. The first-order valence-corrected chi connectivity index (χ1v) is 8.44. The number of benzene rings is 1. The predicted molar refractivity (Wildman–Crippen MR) is 81.3 cm³/mol. The molecule has 1 aromatic heterocycles. The molecule has 2 heterocycles. The number of fused-ring (bicyclic) bond motifs is 1. The van der Waals surface area contributed by atoms with Gasteiger partial charge in [-0.15, -0.1) is 11.3 Å². The van der Waals surface area contributed by atoms with Crippen molar-refractivity contribution in [2.45, 2.75) is 25.1 Å². The fourth-order valence-electron chi connectivity index (χ4n) is 2.43. The maximum Gasteiger partial charge on any atom is 0.134 e. The molecule has 0 spiro atoms. The third-order valence-corrected chi connectivity index (χ3v) is 5.91. The Morgan fingerprint density at radius 2 is 2.10 bits per heavy atom. The minimum absolute atomic E-state index is 0.0174. The van der Waals surface area contributed by atoms with Crippen LogP contribution in [0.5, 0.6) is 0 Å². The van der Waals surface area contributed by atoms with Gasteiger partial charge in [0.15, 0.2) is 0 Å². The monoisotopic (exact) mass is 311 g/mol. The van der Waals surface area contributed by atoms with E-state index in [1.54, 1.807) is 18.3 Å². The Balaban J connectivity index is 2.02. The molecule has 0 amide bonds. The van der Waals surface area contributed by atoms with E-state index in [1.165, 1.54) is 22.6 Å². The second-order valence-electron chi connectivity index (χ2n) is 4.97. The number of hydrogen-bond donors (Lipinski definition) is 1. The van der Waals surface area contributed by atoms with Crippen LogP contribution in [0.15, 0.2) is 18.2 Å². The lowest BCUT2D eigenvalue weighted by atomic mass is 10.0. The summed E-state index contributed by atoms with van der Waals surface area (Å²) in [6, 6.07) is 4.02. The highest BCUT2D eigenvalue weighted by Crippen LogP contribution is 2.37. The molecule has 2 aromatic rings. The molecular formula is C15H15F2NS2. The molecule has 20 heavy (non-hydrogen) atoms. The molecule has 1 aliphatic rings. The normalized spacial score (nSPS) is 16.0. The van der Waals surface area contributed by atoms with Gasteiger partial charge in [0.1, 0.15) is 11.6 Å². The summed E-state index contributed by atoms with van der Waals surface area (Å²) in [6.45, 7) is 1.63. The third kappa shape index (κ3) is 2.38. The SMILES string of the molecule is Cc1ccc(F)c(C(N)c2cc3c(s2)CCSC3)c1F. The van der Waals surface area contributed by atoms with Crippen LogP contribution in [0.2, 0.25) is 0 Å². The maximum atomic E-state index is 14.2. The van der Waals surface area contributed by atoms with Crippen LogP contribution in [0, 0.1) is 18.6 Å². The lowest BCUT2D eigenvalue weighted by Gasteiger charge is -2.13.